The fourth-order valence-electron chi connectivity index (χ4n) is 4.34. The van der Waals surface area contributed by atoms with Gasteiger partial charge in [0.05, 0.1) is 18.3 Å². The third-order valence-electron chi connectivity index (χ3n) is 6.31. The first-order valence-electron chi connectivity index (χ1n) is 11.9. The zero-order valence-electron chi connectivity index (χ0n) is 20.5. The van der Waals surface area contributed by atoms with Gasteiger partial charge in [-0.2, -0.15) is 13.1 Å². The van der Waals surface area contributed by atoms with E-state index in [4.69, 9.17) is 4.74 Å². The molecule has 0 aliphatic rings. The first kappa shape index (κ1) is 25.1. The van der Waals surface area contributed by atoms with Crippen LogP contribution in [0.4, 0.5) is 0 Å². The van der Waals surface area contributed by atoms with Gasteiger partial charge in [0.2, 0.25) is 10.0 Å². The van der Waals surface area contributed by atoms with Crippen molar-refractivity contribution in [1.82, 2.24) is 18.0 Å². The Bertz CT molecular complexity index is 1740. The molecule has 10 heteroatoms. The number of H-pyrrole nitrogens is 1. The molecule has 0 fully saturated rings. The average Bonchev–Trinajstić information content (AvgIpc) is 3.37. The molecule has 1 N–H and O–H groups in total. The predicted octanol–water partition coefficient (Wildman–Crippen LogP) is 4.67. The summed E-state index contributed by atoms with van der Waals surface area (Å²) in [6.45, 7) is 4.52. The Kier molecular flexibility index (Phi) is 7.05. The second-order valence-corrected chi connectivity index (χ2v) is 11.1. The Labute approximate surface area is 218 Å². The molecule has 2 aromatic heterocycles. The van der Waals surface area contributed by atoms with Gasteiger partial charge >= 0.3 is 0 Å². The van der Waals surface area contributed by atoms with Gasteiger partial charge in [-0.25, -0.2) is 8.42 Å². The van der Waals surface area contributed by atoms with E-state index in [1.54, 1.807) is 36.4 Å². The van der Waals surface area contributed by atoms with Crippen molar-refractivity contribution in [2.24, 2.45) is 0 Å². The minimum atomic E-state index is -4.01. The van der Waals surface area contributed by atoms with Crippen molar-refractivity contribution in [2.75, 3.05) is 13.2 Å². The summed E-state index contributed by atoms with van der Waals surface area (Å²) in [5, 5.41) is 0.766. The molecule has 8 nitrogen and oxygen atoms in total. The van der Waals surface area contributed by atoms with Crippen molar-refractivity contribution in [3.05, 3.63) is 93.8 Å². The highest BCUT2D eigenvalue weighted by Gasteiger charge is 2.28. The van der Waals surface area contributed by atoms with Crippen LogP contribution in [-0.2, 0) is 23.0 Å². The highest BCUT2D eigenvalue weighted by molar-refractivity contribution is 7.89. The van der Waals surface area contributed by atoms with Crippen LogP contribution >= 0.6 is 11.7 Å². The van der Waals surface area contributed by atoms with Gasteiger partial charge in [0, 0.05) is 29.6 Å². The number of aromatic amines is 1. The van der Waals surface area contributed by atoms with E-state index in [0.29, 0.717) is 40.9 Å². The summed E-state index contributed by atoms with van der Waals surface area (Å²) >= 11 is 0.970. The zero-order chi connectivity index (χ0) is 26.0. The molecule has 0 amide bonds. The summed E-state index contributed by atoms with van der Waals surface area (Å²) in [5.41, 5.74) is 3.66. The van der Waals surface area contributed by atoms with E-state index in [0.717, 1.165) is 28.2 Å². The quantitative estimate of drug-likeness (QED) is 0.295. The van der Waals surface area contributed by atoms with Crippen LogP contribution in [-0.4, -0.2) is 39.6 Å². The van der Waals surface area contributed by atoms with Gasteiger partial charge < -0.3 is 9.72 Å². The van der Waals surface area contributed by atoms with Crippen molar-refractivity contribution in [3.63, 3.8) is 0 Å². The summed E-state index contributed by atoms with van der Waals surface area (Å²) in [6.07, 6.45) is 0.497. The minimum absolute atomic E-state index is 0.0828. The molecule has 190 valence electrons. The first-order chi connectivity index (χ1) is 17.9. The third kappa shape index (κ3) is 5.13. The van der Waals surface area contributed by atoms with Gasteiger partial charge in [-0.05, 0) is 67.8 Å². The highest BCUT2D eigenvalue weighted by Crippen LogP contribution is 2.27. The number of pyridine rings is 1. The van der Waals surface area contributed by atoms with E-state index in [9.17, 15) is 13.2 Å². The molecule has 0 saturated carbocycles. The molecule has 0 bridgehead atoms. The maximum atomic E-state index is 14.0. The Balaban J connectivity index is 1.56. The second-order valence-electron chi connectivity index (χ2n) is 8.71. The molecule has 2 heterocycles. The van der Waals surface area contributed by atoms with Gasteiger partial charge in [0.15, 0.2) is 0 Å². The van der Waals surface area contributed by atoms with E-state index < -0.39 is 10.0 Å². The summed E-state index contributed by atoms with van der Waals surface area (Å²) < 4.78 is 43.4. The number of hydrogen-bond donors (Lipinski definition) is 1. The maximum Gasteiger partial charge on any atom is 0.252 e. The van der Waals surface area contributed by atoms with Crippen LogP contribution in [0.25, 0.3) is 21.9 Å². The number of sulfonamides is 1. The molecule has 0 unspecified atom stereocenters. The Morgan fingerprint density at radius 3 is 2.65 bits per heavy atom. The number of aryl methyl sites for hydroxylation is 1. The lowest BCUT2D eigenvalue weighted by Gasteiger charge is -2.23. The van der Waals surface area contributed by atoms with Crippen LogP contribution in [0.5, 0.6) is 5.75 Å². The van der Waals surface area contributed by atoms with E-state index in [1.807, 2.05) is 44.2 Å². The number of hydrogen-bond acceptors (Lipinski definition) is 7. The molecule has 5 aromatic rings. The number of fused-ring (bicyclic) bond motifs is 2. The summed E-state index contributed by atoms with van der Waals surface area (Å²) in [6, 6.07) is 20.0. The standard InChI is InChI=1S/C27H26N4O4S2/c1-3-35-22-11-12-23-20(16-22)15-21(27(32)28-23)17-31(14-13-19-8-5-4-7-18(19)2)37(33,34)25-10-6-9-24-26(25)30-36-29-24/h4-12,15-16H,3,13-14,17H2,1-2H3,(H,28,32). The lowest BCUT2D eigenvalue weighted by Crippen LogP contribution is -2.34. The lowest BCUT2D eigenvalue weighted by molar-refractivity contribution is 0.340. The zero-order valence-corrected chi connectivity index (χ0v) is 22.1. The van der Waals surface area contributed by atoms with E-state index in [2.05, 4.69) is 13.7 Å². The van der Waals surface area contributed by atoms with Gasteiger partial charge in [0.25, 0.3) is 5.56 Å². The molecule has 5 rings (SSSR count). The molecule has 0 spiro atoms. The van der Waals surface area contributed by atoms with Crippen molar-refractivity contribution in [2.45, 2.75) is 31.7 Å². The van der Waals surface area contributed by atoms with Crippen molar-refractivity contribution >= 4 is 43.7 Å². The number of ether oxygens (including phenoxy) is 1. The van der Waals surface area contributed by atoms with Crippen LogP contribution in [0.2, 0.25) is 0 Å². The van der Waals surface area contributed by atoms with Gasteiger partial charge in [-0.15, -0.1) is 0 Å². The van der Waals surface area contributed by atoms with Crippen LogP contribution in [0, 0.1) is 6.92 Å². The summed E-state index contributed by atoms with van der Waals surface area (Å²) in [4.78, 5) is 16.0. The van der Waals surface area contributed by atoms with E-state index in [-0.39, 0.29) is 23.5 Å². The molecule has 0 radical (unpaired) electrons. The molecule has 37 heavy (non-hydrogen) atoms. The Hall–Kier alpha value is -3.60. The first-order valence-corrected chi connectivity index (χ1v) is 14.1. The predicted molar refractivity (Wildman–Crippen MR) is 146 cm³/mol. The lowest BCUT2D eigenvalue weighted by atomic mass is 10.1. The molecule has 0 aliphatic carbocycles. The van der Waals surface area contributed by atoms with Crippen LogP contribution in [0.15, 0.2) is 76.4 Å². The molecule has 0 atom stereocenters. The topological polar surface area (TPSA) is 105 Å². The Morgan fingerprint density at radius 1 is 1.00 bits per heavy atom. The number of benzene rings is 3. The van der Waals surface area contributed by atoms with Crippen molar-refractivity contribution in [3.8, 4) is 5.75 Å². The largest absolute Gasteiger partial charge is 0.494 e. The number of nitrogens with one attached hydrogen (secondary N) is 1. The number of nitrogens with zero attached hydrogens (tertiary/aromatic N) is 3. The van der Waals surface area contributed by atoms with Crippen LogP contribution in [0.3, 0.4) is 0 Å². The number of aromatic nitrogens is 3. The monoisotopic (exact) mass is 534 g/mol. The fraction of sp³-hybridized carbons (Fsp3) is 0.222. The minimum Gasteiger partial charge on any atom is -0.494 e. The van der Waals surface area contributed by atoms with E-state index >= 15 is 0 Å². The second kappa shape index (κ2) is 10.4. The number of rotatable bonds is 9. The average molecular weight is 535 g/mol. The molecule has 0 saturated heterocycles. The third-order valence-corrected chi connectivity index (χ3v) is 8.73. The van der Waals surface area contributed by atoms with Gasteiger partial charge in [-0.3, -0.25) is 4.79 Å². The van der Waals surface area contributed by atoms with Crippen molar-refractivity contribution < 1.29 is 13.2 Å². The van der Waals surface area contributed by atoms with Gasteiger partial charge in [0.1, 0.15) is 21.7 Å². The van der Waals surface area contributed by atoms with Gasteiger partial charge in [-0.1, -0.05) is 30.3 Å². The van der Waals surface area contributed by atoms with Crippen LogP contribution in [0.1, 0.15) is 23.6 Å². The summed E-state index contributed by atoms with van der Waals surface area (Å²) in [5.74, 6) is 0.680. The maximum absolute atomic E-state index is 14.0. The molecular formula is C27H26N4O4S2. The Morgan fingerprint density at radius 2 is 1.84 bits per heavy atom. The fourth-order valence-corrected chi connectivity index (χ4v) is 6.51. The highest BCUT2D eigenvalue weighted by atomic mass is 32.2. The molecule has 3 aromatic carbocycles. The SMILES string of the molecule is CCOc1ccc2[nH]c(=O)c(CN(CCc3ccccc3C)S(=O)(=O)c3cccc4nsnc34)cc2c1. The smallest absolute Gasteiger partial charge is 0.252 e. The normalized spacial score (nSPS) is 12.0. The van der Waals surface area contributed by atoms with Crippen molar-refractivity contribution in [1.29, 1.82) is 0 Å². The van der Waals surface area contributed by atoms with E-state index in [1.165, 1.54) is 4.31 Å². The van der Waals surface area contributed by atoms with Crippen LogP contribution < -0.4 is 10.3 Å². The summed E-state index contributed by atoms with van der Waals surface area (Å²) in [7, 11) is -4.01. The molecule has 0 aliphatic heterocycles. The molecular weight excluding hydrogens is 508 g/mol.